The van der Waals surface area contributed by atoms with E-state index in [9.17, 15) is 9.59 Å². The Morgan fingerprint density at radius 1 is 1.06 bits per heavy atom. The summed E-state index contributed by atoms with van der Waals surface area (Å²) >= 11 is 0. The molecule has 2 aromatic heterocycles. The van der Waals surface area contributed by atoms with Gasteiger partial charge in [-0.1, -0.05) is 35.0 Å². The van der Waals surface area contributed by atoms with Crippen molar-refractivity contribution in [3.63, 3.8) is 0 Å². The Balaban J connectivity index is 1.10. The fourth-order valence-electron chi connectivity index (χ4n) is 4.80. The Kier molecular flexibility index (Phi) is 6.32. The Hall–Kier alpha value is -3.26. The molecule has 1 fully saturated rings. The van der Waals surface area contributed by atoms with Crippen molar-refractivity contribution < 1.29 is 18.5 Å². The number of aryl methyl sites for hydroxylation is 3. The van der Waals surface area contributed by atoms with Crippen LogP contribution in [0.4, 0.5) is 0 Å². The first-order valence-corrected chi connectivity index (χ1v) is 12.1. The number of hydrogen-bond acceptors (Lipinski definition) is 7. The molecule has 34 heavy (non-hydrogen) atoms. The van der Waals surface area contributed by atoms with Crippen LogP contribution >= 0.6 is 0 Å². The SMILES string of the molecule is Cc1ccc(-c2noc(CCCN3CCN(C(=O)c4oc5c(c4C)C(=O)CCC5)CC3)n2)cc1. The highest BCUT2D eigenvalue weighted by atomic mass is 16.5. The quantitative estimate of drug-likeness (QED) is 0.549. The lowest BCUT2D eigenvalue weighted by molar-refractivity contribution is 0.0601. The van der Waals surface area contributed by atoms with E-state index in [-0.39, 0.29) is 11.7 Å². The summed E-state index contributed by atoms with van der Waals surface area (Å²) in [6.07, 6.45) is 3.70. The fraction of sp³-hybridized carbons (Fsp3) is 0.462. The zero-order valence-electron chi connectivity index (χ0n) is 19.8. The van der Waals surface area contributed by atoms with Crippen molar-refractivity contribution in [3.05, 3.63) is 58.4 Å². The molecule has 0 radical (unpaired) electrons. The number of ketones is 1. The number of Topliss-reactive ketones (excluding diaryl/α,β-unsaturated/α-hetero) is 1. The molecule has 1 aliphatic heterocycles. The highest BCUT2D eigenvalue weighted by Gasteiger charge is 2.32. The molecule has 0 unspecified atom stereocenters. The summed E-state index contributed by atoms with van der Waals surface area (Å²) < 4.78 is 11.3. The van der Waals surface area contributed by atoms with Gasteiger partial charge in [0, 0.05) is 56.6 Å². The van der Waals surface area contributed by atoms with Crippen molar-refractivity contribution in [1.82, 2.24) is 19.9 Å². The maximum Gasteiger partial charge on any atom is 0.289 e. The molecule has 3 heterocycles. The molecular formula is C26H30N4O4. The van der Waals surface area contributed by atoms with E-state index >= 15 is 0 Å². The molecule has 2 aliphatic rings. The zero-order chi connectivity index (χ0) is 23.7. The first-order chi connectivity index (χ1) is 16.5. The molecule has 1 aromatic carbocycles. The lowest BCUT2D eigenvalue weighted by Crippen LogP contribution is -2.49. The van der Waals surface area contributed by atoms with E-state index in [1.165, 1.54) is 5.56 Å². The predicted molar refractivity (Wildman–Crippen MR) is 126 cm³/mol. The van der Waals surface area contributed by atoms with E-state index in [0.717, 1.165) is 50.9 Å². The molecule has 0 atom stereocenters. The molecule has 3 aromatic rings. The lowest BCUT2D eigenvalue weighted by atomic mass is 9.94. The number of amides is 1. The maximum atomic E-state index is 13.1. The van der Waals surface area contributed by atoms with Crippen molar-refractivity contribution in [3.8, 4) is 11.4 Å². The van der Waals surface area contributed by atoms with Gasteiger partial charge in [-0.15, -0.1) is 0 Å². The van der Waals surface area contributed by atoms with Crippen LogP contribution in [-0.2, 0) is 12.8 Å². The van der Waals surface area contributed by atoms with Crippen molar-refractivity contribution >= 4 is 11.7 Å². The number of fused-ring (bicyclic) bond motifs is 1. The molecule has 178 valence electrons. The lowest BCUT2D eigenvalue weighted by Gasteiger charge is -2.34. The third-order valence-corrected chi connectivity index (χ3v) is 6.80. The number of hydrogen-bond donors (Lipinski definition) is 0. The molecule has 0 N–H and O–H groups in total. The van der Waals surface area contributed by atoms with Crippen LogP contribution in [0.1, 0.15) is 63.0 Å². The van der Waals surface area contributed by atoms with Crippen LogP contribution in [0.15, 0.2) is 33.2 Å². The first kappa shape index (κ1) is 22.5. The van der Waals surface area contributed by atoms with Gasteiger partial charge < -0.3 is 13.8 Å². The van der Waals surface area contributed by atoms with Crippen LogP contribution in [-0.4, -0.2) is 64.4 Å². The monoisotopic (exact) mass is 462 g/mol. The minimum Gasteiger partial charge on any atom is -0.455 e. The van der Waals surface area contributed by atoms with E-state index in [1.54, 1.807) is 0 Å². The normalized spacial score (nSPS) is 16.6. The van der Waals surface area contributed by atoms with E-state index in [0.29, 0.717) is 53.9 Å². The van der Waals surface area contributed by atoms with Gasteiger partial charge in [0.1, 0.15) is 5.76 Å². The molecule has 1 saturated heterocycles. The largest absolute Gasteiger partial charge is 0.455 e. The van der Waals surface area contributed by atoms with Crippen LogP contribution < -0.4 is 0 Å². The number of carbonyl (C=O) groups excluding carboxylic acids is 2. The minimum absolute atomic E-state index is 0.0959. The third-order valence-electron chi connectivity index (χ3n) is 6.80. The summed E-state index contributed by atoms with van der Waals surface area (Å²) in [5, 5.41) is 4.10. The van der Waals surface area contributed by atoms with E-state index in [2.05, 4.69) is 15.0 Å². The molecule has 0 spiro atoms. The Morgan fingerprint density at radius 3 is 2.56 bits per heavy atom. The van der Waals surface area contributed by atoms with Crippen molar-refractivity contribution in [2.24, 2.45) is 0 Å². The number of nitrogens with zero attached hydrogens (tertiary/aromatic N) is 4. The fourth-order valence-corrected chi connectivity index (χ4v) is 4.80. The number of piperazine rings is 1. The van der Waals surface area contributed by atoms with Crippen molar-refractivity contribution in [2.75, 3.05) is 32.7 Å². The second-order valence-electron chi connectivity index (χ2n) is 9.25. The highest BCUT2D eigenvalue weighted by Crippen LogP contribution is 2.30. The van der Waals surface area contributed by atoms with E-state index in [4.69, 9.17) is 8.94 Å². The molecule has 0 bridgehead atoms. The minimum atomic E-state index is -0.103. The second-order valence-corrected chi connectivity index (χ2v) is 9.25. The third kappa shape index (κ3) is 4.55. The zero-order valence-corrected chi connectivity index (χ0v) is 19.8. The summed E-state index contributed by atoms with van der Waals surface area (Å²) in [5.41, 5.74) is 3.50. The smallest absolute Gasteiger partial charge is 0.289 e. The Bertz CT molecular complexity index is 1190. The van der Waals surface area contributed by atoms with E-state index < -0.39 is 0 Å². The molecule has 5 rings (SSSR count). The summed E-state index contributed by atoms with van der Waals surface area (Å²) in [5.74, 6) is 2.29. The molecular weight excluding hydrogens is 432 g/mol. The number of rotatable bonds is 6. The van der Waals surface area contributed by atoms with Crippen LogP contribution in [0.25, 0.3) is 11.4 Å². The summed E-state index contributed by atoms with van der Waals surface area (Å²) in [7, 11) is 0. The van der Waals surface area contributed by atoms with Gasteiger partial charge in [-0.05, 0) is 33.2 Å². The number of benzene rings is 1. The Morgan fingerprint density at radius 2 is 1.82 bits per heavy atom. The first-order valence-electron chi connectivity index (χ1n) is 12.1. The van der Waals surface area contributed by atoms with Gasteiger partial charge in [-0.3, -0.25) is 14.5 Å². The average Bonchev–Trinajstić information content (AvgIpc) is 3.45. The van der Waals surface area contributed by atoms with Gasteiger partial charge in [0.05, 0.1) is 5.56 Å². The Labute approximate surface area is 198 Å². The van der Waals surface area contributed by atoms with E-state index in [1.807, 2.05) is 43.0 Å². The van der Waals surface area contributed by atoms with Gasteiger partial charge in [-0.25, -0.2) is 0 Å². The second kappa shape index (κ2) is 9.54. The maximum absolute atomic E-state index is 13.1. The van der Waals surface area contributed by atoms with Crippen LogP contribution in [0.5, 0.6) is 0 Å². The van der Waals surface area contributed by atoms with Crippen LogP contribution in [0.2, 0.25) is 0 Å². The van der Waals surface area contributed by atoms with Crippen LogP contribution in [0.3, 0.4) is 0 Å². The molecule has 1 amide bonds. The average molecular weight is 463 g/mol. The summed E-state index contributed by atoms with van der Waals surface area (Å²) in [6, 6.07) is 8.08. The van der Waals surface area contributed by atoms with Gasteiger partial charge in [0.2, 0.25) is 11.7 Å². The molecule has 8 nitrogen and oxygen atoms in total. The van der Waals surface area contributed by atoms with Crippen LogP contribution in [0, 0.1) is 13.8 Å². The van der Waals surface area contributed by atoms with Gasteiger partial charge >= 0.3 is 0 Å². The molecule has 1 aliphatic carbocycles. The molecule has 8 heteroatoms. The van der Waals surface area contributed by atoms with Gasteiger partial charge in [0.15, 0.2) is 11.5 Å². The summed E-state index contributed by atoms with van der Waals surface area (Å²) in [4.78, 5) is 34.0. The van der Waals surface area contributed by atoms with Gasteiger partial charge in [0.25, 0.3) is 5.91 Å². The number of furan rings is 1. The van der Waals surface area contributed by atoms with Crippen molar-refractivity contribution in [2.45, 2.75) is 46.0 Å². The standard InChI is InChI=1S/C26H30N4O4/c1-17-8-10-19(11-9-17)25-27-22(34-28-25)7-4-12-29-13-15-30(16-14-29)26(32)24-18(2)23-20(31)5-3-6-21(23)33-24/h8-11H,3-7,12-16H2,1-2H3. The number of carbonyl (C=O) groups is 2. The van der Waals surface area contributed by atoms with Crippen molar-refractivity contribution in [1.29, 1.82) is 0 Å². The van der Waals surface area contributed by atoms with Gasteiger partial charge in [-0.2, -0.15) is 4.98 Å². The highest BCUT2D eigenvalue weighted by molar-refractivity contribution is 6.03. The topological polar surface area (TPSA) is 92.7 Å². The number of aromatic nitrogens is 2. The molecule has 0 saturated carbocycles. The predicted octanol–water partition coefficient (Wildman–Crippen LogP) is 3.86. The summed E-state index contributed by atoms with van der Waals surface area (Å²) in [6.45, 7) is 7.70.